The van der Waals surface area contributed by atoms with Crippen LogP contribution < -0.4 is 4.90 Å². The third-order valence-electron chi connectivity index (χ3n) is 5.94. The molecule has 3 aromatic rings. The van der Waals surface area contributed by atoms with Crippen molar-refractivity contribution in [3.63, 3.8) is 0 Å². The number of thiazole rings is 1. The number of carbonyl (C=O) groups is 2. The van der Waals surface area contributed by atoms with Gasteiger partial charge in [0, 0.05) is 49.4 Å². The second-order valence-electron chi connectivity index (χ2n) is 7.94. The summed E-state index contributed by atoms with van der Waals surface area (Å²) in [5.41, 5.74) is 4.35. The summed E-state index contributed by atoms with van der Waals surface area (Å²) in [5, 5.41) is 5.07. The van der Waals surface area contributed by atoms with Crippen molar-refractivity contribution in [2.24, 2.45) is 0 Å². The van der Waals surface area contributed by atoms with Gasteiger partial charge >= 0.3 is 0 Å². The maximum absolute atomic E-state index is 13.0. The maximum atomic E-state index is 13.0. The Morgan fingerprint density at radius 2 is 1.90 bits per heavy atom. The minimum absolute atomic E-state index is 0.0977. The molecule has 0 saturated carbocycles. The average Bonchev–Trinajstić information content (AvgIpc) is 3.54. The monoisotopic (exact) mass is 452 g/mol. The molecule has 1 fully saturated rings. The number of amides is 2. The summed E-state index contributed by atoms with van der Waals surface area (Å²) in [4.78, 5) is 36.9. The van der Waals surface area contributed by atoms with E-state index in [0.717, 1.165) is 52.9 Å². The Labute approximate surface area is 189 Å². The van der Waals surface area contributed by atoms with Crippen LogP contribution in [-0.2, 0) is 11.2 Å². The Kier molecular flexibility index (Phi) is 5.60. The summed E-state index contributed by atoms with van der Waals surface area (Å²) in [6, 6.07) is 10.1. The first-order valence-corrected chi connectivity index (χ1v) is 12.3. The highest BCUT2D eigenvalue weighted by Gasteiger charge is 2.28. The van der Waals surface area contributed by atoms with Gasteiger partial charge in [-0.25, -0.2) is 4.98 Å². The van der Waals surface area contributed by atoms with Gasteiger partial charge in [0.1, 0.15) is 0 Å². The summed E-state index contributed by atoms with van der Waals surface area (Å²) < 4.78 is 0. The minimum Gasteiger partial charge on any atom is -0.335 e. The molecule has 2 aromatic heterocycles. The Hall–Kier alpha value is -2.55. The topological polar surface area (TPSA) is 56.8 Å². The van der Waals surface area contributed by atoms with Crippen molar-refractivity contribution in [1.29, 1.82) is 0 Å². The summed E-state index contributed by atoms with van der Waals surface area (Å²) in [7, 11) is 0. The van der Waals surface area contributed by atoms with Crippen LogP contribution in [0.2, 0.25) is 0 Å². The maximum Gasteiger partial charge on any atom is 0.264 e. The van der Waals surface area contributed by atoms with Crippen molar-refractivity contribution in [3.8, 4) is 11.3 Å². The Balaban J connectivity index is 1.19. The lowest BCUT2D eigenvalue weighted by Crippen LogP contribution is -2.51. The van der Waals surface area contributed by atoms with Crippen LogP contribution in [0.1, 0.15) is 20.2 Å². The largest absolute Gasteiger partial charge is 0.335 e. The standard InChI is InChI=1S/C23H24N4O2S2/c1-16-24-19(15-31-16)17-4-5-20-18(13-17)6-7-27(20)22(28)14-25-8-10-26(11-9-25)23(29)21-3-2-12-30-21/h2-5,12-13,15H,6-11,14H2,1H3. The number of carbonyl (C=O) groups excluding carboxylic acids is 2. The fraction of sp³-hybridized carbons (Fsp3) is 0.348. The van der Waals surface area contributed by atoms with Crippen LogP contribution in [0.25, 0.3) is 11.3 Å². The van der Waals surface area contributed by atoms with Crippen molar-refractivity contribution < 1.29 is 9.59 Å². The van der Waals surface area contributed by atoms with Crippen molar-refractivity contribution in [2.75, 3.05) is 44.2 Å². The van der Waals surface area contributed by atoms with Crippen LogP contribution in [0.3, 0.4) is 0 Å². The highest BCUT2D eigenvalue weighted by Crippen LogP contribution is 2.33. The van der Waals surface area contributed by atoms with Crippen LogP contribution in [0.5, 0.6) is 0 Å². The molecule has 8 heteroatoms. The van der Waals surface area contributed by atoms with Gasteiger partial charge in [0.05, 0.1) is 22.1 Å². The van der Waals surface area contributed by atoms with Crippen LogP contribution in [0, 0.1) is 6.92 Å². The van der Waals surface area contributed by atoms with Gasteiger partial charge in [-0.15, -0.1) is 22.7 Å². The van der Waals surface area contributed by atoms with Gasteiger partial charge in [-0.2, -0.15) is 0 Å². The van der Waals surface area contributed by atoms with Crippen LogP contribution in [0.15, 0.2) is 41.1 Å². The molecule has 0 atom stereocenters. The van der Waals surface area contributed by atoms with E-state index >= 15 is 0 Å². The fourth-order valence-electron chi connectivity index (χ4n) is 4.26. The van der Waals surface area contributed by atoms with E-state index in [4.69, 9.17) is 0 Å². The van der Waals surface area contributed by atoms with Gasteiger partial charge < -0.3 is 9.80 Å². The third kappa shape index (κ3) is 4.15. The Bertz CT molecular complexity index is 1100. The Morgan fingerprint density at radius 1 is 1.06 bits per heavy atom. The quantitative estimate of drug-likeness (QED) is 0.608. The van der Waals surface area contributed by atoms with Gasteiger partial charge in [-0.05, 0) is 42.5 Å². The molecule has 1 saturated heterocycles. The molecular weight excluding hydrogens is 428 g/mol. The highest BCUT2D eigenvalue weighted by molar-refractivity contribution is 7.12. The number of aromatic nitrogens is 1. The first kappa shape index (κ1) is 20.4. The van der Waals surface area contributed by atoms with Gasteiger partial charge in [0.25, 0.3) is 5.91 Å². The molecule has 5 rings (SSSR count). The second kappa shape index (κ2) is 8.53. The van der Waals surface area contributed by atoms with E-state index in [1.54, 1.807) is 11.3 Å². The average molecular weight is 453 g/mol. The number of fused-ring (bicyclic) bond motifs is 1. The van der Waals surface area contributed by atoms with Gasteiger partial charge in [0.2, 0.25) is 5.91 Å². The van der Waals surface area contributed by atoms with Crippen LogP contribution in [-0.4, -0.2) is 65.9 Å². The summed E-state index contributed by atoms with van der Waals surface area (Å²) in [6.07, 6.45) is 0.876. The molecule has 0 bridgehead atoms. The van der Waals surface area contributed by atoms with E-state index in [1.807, 2.05) is 34.2 Å². The molecule has 1 aromatic carbocycles. The molecule has 2 aliphatic heterocycles. The van der Waals surface area contributed by atoms with Crippen molar-refractivity contribution in [3.05, 3.63) is 56.5 Å². The molecule has 2 amide bonds. The second-order valence-corrected chi connectivity index (χ2v) is 9.95. The number of thiophene rings is 1. The summed E-state index contributed by atoms with van der Waals surface area (Å²) in [6.45, 7) is 5.92. The molecular formula is C23H24N4O2S2. The number of anilines is 1. The third-order valence-corrected chi connectivity index (χ3v) is 7.57. The molecule has 4 heterocycles. The van der Waals surface area contributed by atoms with Gasteiger partial charge in [0.15, 0.2) is 0 Å². The SMILES string of the molecule is Cc1nc(-c2ccc3c(c2)CCN3C(=O)CN2CCN(C(=O)c3cccs3)CC2)cs1. The molecule has 31 heavy (non-hydrogen) atoms. The van der Waals surface area contributed by atoms with E-state index in [-0.39, 0.29) is 11.8 Å². The molecule has 0 radical (unpaired) electrons. The first-order valence-electron chi connectivity index (χ1n) is 10.5. The van der Waals surface area contributed by atoms with Crippen molar-refractivity contribution >= 4 is 40.2 Å². The van der Waals surface area contributed by atoms with E-state index in [2.05, 4.69) is 33.5 Å². The van der Waals surface area contributed by atoms with E-state index in [0.29, 0.717) is 19.6 Å². The zero-order valence-corrected chi connectivity index (χ0v) is 19.0. The number of hydrogen-bond donors (Lipinski definition) is 0. The van der Waals surface area contributed by atoms with E-state index < -0.39 is 0 Å². The summed E-state index contributed by atoms with van der Waals surface area (Å²) >= 11 is 3.13. The molecule has 2 aliphatic rings. The molecule has 0 N–H and O–H groups in total. The van der Waals surface area contributed by atoms with Gasteiger partial charge in [-0.3, -0.25) is 14.5 Å². The lowest BCUT2D eigenvalue weighted by Gasteiger charge is -2.34. The zero-order valence-electron chi connectivity index (χ0n) is 17.4. The predicted octanol–water partition coefficient (Wildman–Crippen LogP) is 3.53. The van der Waals surface area contributed by atoms with Crippen molar-refractivity contribution in [2.45, 2.75) is 13.3 Å². The summed E-state index contributed by atoms with van der Waals surface area (Å²) in [5.74, 6) is 0.231. The van der Waals surface area contributed by atoms with Crippen molar-refractivity contribution in [1.82, 2.24) is 14.8 Å². The predicted molar refractivity (Wildman–Crippen MR) is 125 cm³/mol. The number of nitrogens with zero attached hydrogens (tertiary/aromatic N) is 4. The zero-order chi connectivity index (χ0) is 21.4. The fourth-order valence-corrected chi connectivity index (χ4v) is 5.57. The molecule has 0 spiro atoms. The van der Waals surface area contributed by atoms with Crippen LogP contribution >= 0.6 is 22.7 Å². The molecule has 6 nitrogen and oxygen atoms in total. The number of benzene rings is 1. The number of piperazine rings is 1. The number of hydrogen-bond acceptors (Lipinski definition) is 6. The lowest BCUT2D eigenvalue weighted by molar-refractivity contribution is -0.120. The molecule has 0 aliphatic carbocycles. The van der Waals surface area contributed by atoms with Gasteiger partial charge in [-0.1, -0.05) is 12.1 Å². The molecule has 160 valence electrons. The lowest BCUT2D eigenvalue weighted by atomic mass is 10.1. The first-order chi connectivity index (χ1) is 15.1. The van der Waals surface area contributed by atoms with E-state index in [9.17, 15) is 9.59 Å². The van der Waals surface area contributed by atoms with Crippen LogP contribution in [0.4, 0.5) is 5.69 Å². The normalized spacial score (nSPS) is 16.5. The van der Waals surface area contributed by atoms with E-state index in [1.165, 1.54) is 16.9 Å². The highest BCUT2D eigenvalue weighted by atomic mass is 32.1. The number of aryl methyl sites for hydroxylation is 1. The smallest absolute Gasteiger partial charge is 0.264 e. The molecule has 0 unspecified atom stereocenters. The number of rotatable bonds is 4. The minimum atomic E-state index is 0.0977. The Morgan fingerprint density at radius 3 is 2.61 bits per heavy atom.